The van der Waals surface area contributed by atoms with Crippen molar-refractivity contribution in [3.8, 4) is 11.5 Å². The van der Waals surface area contributed by atoms with Crippen molar-refractivity contribution in [2.24, 2.45) is 0 Å². The van der Waals surface area contributed by atoms with Gasteiger partial charge in [-0.05, 0) is 35.9 Å². The number of carboxylic acid groups (broad SMARTS) is 1. The molecule has 0 atom stereocenters. The minimum absolute atomic E-state index is 0.178. The molecule has 0 unspecified atom stereocenters. The summed E-state index contributed by atoms with van der Waals surface area (Å²) in [5.74, 6) is -0.553. The topological polar surface area (TPSA) is 72.8 Å². The highest BCUT2D eigenvalue weighted by molar-refractivity contribution is 6.31. The van der Waals surface area contributed by atoms with Crippen LogP contribution in [0, 0.1) is 0 Å². The van der Waals surface area contributed by atoms with Crippen molar-refractivity contribution in [2.45, 2.75) is 0 Å². The molecule has 124 valence electrons. The quantitative estimate of drug-likeness (QED) is 0.611. The van der Waals surface area contributed by atoms with Crippen LogP contribution in [0.1, 0.15) is 15.9 Å². The number of rotatable bonds is 7. The van der Waals surface area contributed by atoms with Gasteiger partial charge in [0.1, 0.15) is 0 Å². The number of carbonyl (C=O) groups is 2. The number of carboxylic acids is 1. The lowest BCUT2D eigenvalue weighted by Gasteiger charge is -2.09. The Morgan fingerprint density at radius 2 is 1.96 bits per heavy atom. The van der Waals surface area contributed by atoms with Crippen LogP contribution in [0.3, 0.4) is 0 Å². The second-order valence-corrected chi connectivity index (χ2v) is 5.24. The van der Waals surface area contributed by atoms with Crippen molar-refractivity contribution in [3.63, 3.8) is 0 Å². The second kappa shape index (κ2) is 8.17. The van der Waals surface area contributed by atoms with Gasteiger partial charge in [-0.1, -0.05) is 35.9 Å². The van der Waals surface area contributed by atoms with E-state index < -0.39 is 12.6 Å². The first-order chi connectivity index (χ1) is 11.5. The lowest BCUT2D eigenvalue weighted by molar-refractivity contribution is -0.139. The molecule has 0 aromatic heterocycles. The molecule has 0 saturated heterocycles. The SMILES string of the molecule is COc1cc(/C=C/C(=O)c2cccc(Cl)c2)ccc1OCC(=O)O. The Morgan fingerprint density at radius 1 is 1.17 bits per heavy atom. The Balaban J connectivity index is 2.14. The van der Waals surface area contributed by atoms with E-state index in [2.05, 4.69) is 0 Å². The van der Waals surface area contributed by atoms with Crippen LogP contribution < -0.4 is 9.47 Å². The lowest BCUT2D eigenvalue weighted by Crippen LogP contribution is -2.10. The van der Waals surface area contributed by atoms with E-state index in [-0.39, 0.29) is 5.78 Å². The standard InChI is InChI=1S/C18H15ClO5/c1-23-17-9-12(6-8-16(17)24-11-18(21)22)5-7-15(20)13-3-2-4-14(19)10-13/h2-10H,11H2,1H3,(H,21,22)/b7-5+. The first-order valence-corrected chi connectivity index (χ1v) is 7.38. The summed E-state index contributed by atoms with van der Waals surface area (Å²) in [6.07, 6.45) is 3.06. The van der Waals surface area contributed by atoms with Crippen LogP contribution in [0.2, 0.25) is 5.02 Å². The normalized spacial score (nSPS) is 10.6. The highest BCUT2D eigenvalue weighted by atomic mass is 35.5. The van der Waals surface area contributed by atoms with Crippen LogP contribution in [0.25, 0.3) is 6.08 Å². The molecule has 0 radical (unpaired) electrons. The van der Waals surface area contributed by atoms with E-state index in [0.717, 1.165) is 0 Å². The molecular formula is C18H15ClO5. The third-order valence-corrected chi connectivity index (χ3v) is 3.31. The molecule has 6 heteroatoms. The van der Waals surface area contributed by atoms with Crippen LogP contribution in [0.4, 0.5) is 0 Å². The van der Waals surface area contributed by atoms with Gasteiger partial charge in [0.15, 0.2) is 23.9 Å². The van der Waals surface area contributed by atoms with Crippen molar-refractivity contribution >= 4 is 29.4 Å². The fourth-order valence-electron chi connectivity index (χ4n) is 1.96. The zero-order valence-electron chi connectivity index (χ0n) is 12.9. The Labute approximate surface area is 144 Å². The fourth-order valence-corrected chi connectivity index (χ4v) is 2.15. The summed E-state index contributed by atoms with van der Waals surface area (Å²) in [5.41, 5.74) is 1.21. The van der Waals surface area contributed by atoms with Gasteiger partial charge in [0, 0.05) is 10.6 Å². The maximum Gasteiger partial charge on any atom is 0.341 e. The largest absolute Gasteiger partial charge is 0.493 e. The molecule has 0 amide bonds. The van der Waals surface area contributed by atoms with Gasteiger partial charge in [-0.2, -0.15) is 0 Å². The Bertz CT molecular complexity index is 783. The number of hydrogen-bond donors (Lipinski definition) is 1. The smallest absolute Gasteiger partial charge is 0.341 e. The van der Waals surface area contributed by atoms with E-state index in [1.807, 2.05) is 0 Å². The summed E-state index contributed by atoms with van der Waals surface area (Å²) in [4.78, 5) is 22.7. The maximum atomic E-state index is 12.1. The van der Waals surface area contributed by atoms with E-state index in [9.17, 15) is 9.59 Å². The first-order valence-electron chi connectivity index (χ1n) is 7.00. The average molecular weight is 347 g/mol. The number of aliphatic carboxylic acids is 1. The van der Waals surface area contributed by atoms with Crippen molar-refractivity contribution in [2.75, 3.05) is 13.7 Å². The molecule has 0 aliphatic heterocycles. The van der Waals surface area contributed by atoms with Crippen molar-refractivity contribution < 1.29 is 24.2 Å². The van der Waals surface area contributed by atoms with Gasteiger partial charge in [0.2, 0.25) is 0 Å². The first kappa shape index (κ1) is 17.6. The molecule has 0 spiro atoms. The summed E-state index contributed by atoms with van der Waals surface area (Å²) in [6, 6.07) is 11.6. The molecule has 0 aliphatic carbocycles. The van der Waals surface area contributed by atoms with Crippen molar-refractivity contribution in [1.29, 1.82) is 0 Å². The summed E-state index contributed by atoms with van der Waals surface area (Å²) in [6.45, 7) is -0.460. The molecule has 0 bridgehead atoms. The van der Waals surface area contributed by atoms with Gasteiger partial charge in [0.05, 0.1) is 7.11 Å². The predicted molar refractivity (Wildman–Crippen MR) is 90.9 cm³/mol. The van der Waals surface area contributed by atoms with E-state index in [0.29, 0.717) is 27.6 Å². The molecule has 0 aliphatic rings. The number of benzene rings is 2. The number of hydrogen-bond acceptors (Lipinski definition) is 4. The molecule has 2 aromatic carbocycles. The molecule has 0 saturated carbocycles. The number of halogens is 1. The van der Waals surface area contributed by atoms with E-state index in [4.69, 9.17) is 26.2 Å². The Kier molecular flexibility index (Phi) is 5.98. The number of ketones is 1. The van der Waals surface area contributed by atoms with Gasteiger partial charge in [-0.15, -0.1) is 0 Å². The van der Waals surface area contributed by atoms with Gasteiger partial charge < -0.3 is 14.6 Å². The average Bonchev–Trinajstić information content (AvgIpc) is 2.58. The molecule has 24 heavy (non-hydrogen) atoms. The van der Waals surface area contributed by atoms with Gasteiger partial charge in [-0.25, -0.2) is 4.79 Å². The Hall–Kier alpha value is -2.79. The molecule has 0 heterocycles. The molecule has 5 nitrogen and oxygen atoms in total. The van der Waals surface area contributed by atoms with Gasteiger partial charge in [-0.3, -0.25) is 4.79 Å². The van der Waals surface area contributed by atoms with E-state index in [1.165, 1.54) is 13.2 Å². The summed E-state index contributed by atoms with van der Waals surface area (Å²) >= 11 is 5.87. The third-order valence-electron chi connectivity index (χ3n) is 3.08. The predicted octanol–water partition coefficient (Wildman–Crippen LogP) is 3.71. The van der Waals surface area contributed by atoms with Crippen LogP contribution in [0.15, 0.2) is 48.5 Å². The monoisotopic (exact) mass is 346 g/mol. The minimum atomic E-state index is -1.08. The van der Waals surface area contributed by atoms with Crippen molar-refractivity contribution in [3.05, 3.63) is 64.7 Å². The third kappa shape index (κ3) is 4.86. The van der Waals surface area contributed by atoms with E-state index >= 15 is 0 Å². The summed E-state index contributed by atoms with van der Waals surface area (Å²) in [7, 11) is 1.45. The number of allylic oxidation sites excluding steroid dienone is 1. The van der Waals surface area contributed by atoms with Crippen molar-refractivity contribution in [1.82, 2.24) is 0 Å². The molecule has 2 aromatic rings. The van der Waals surface area contributed by atoms with Crippen LogP contribution >= 0.6 is 11.6 Å². The van der Waals surface area contributed by atoms with Crippen LogP contribution in [-0.2, 0) is 4.79 Å². The molecule has 0 fully saturated rings. The number of ether oxygens (including phenoxy) is 2. The second-order valence-electron chi connectivity index (χ2n) is 4.80. The number of methoxy groups -OCH3 is 1. The molecule has 2 rings (SSSR count). The van der Waals surface area contributed by atoms with E-state index in [1.54, 1.807) is 48.5 Å². The summed E-state index contributed by atoms with van der Waals surface area (Å²) in [5, 5.41) is 9.14. The number of carbonyl (C=O) groups excluding carboxylic acids is 1. The lowest BCUT2D eigenvalue weighted by atomic mass is 10.1. The minimum Gasteiger partial charge on any atom is -0.493 e. The molecule has 1 N–H and O–H groups in total. The van der Waals surface area contributed by atoms with Crippen LogP contribution in [0.5, 0.6) is 11.5 Å². The zero-order valence-corrected chi connectivity index (χ0v) is 13.6. The zero-order chi connectivity index (χ0) is 17.5. The highest BCUT2D eigenvalue weighted by Crippen LogP contribution is 2.28. The molecular weight excluding hydrogens is 332 g/mol. The highest BCUT2D eigenvalue weighted by Gasteiger charge is 2.07. The van der Waals surface area contributed by atoms with Gasteiger partial charge >= 0.3 is 5.97 Å². The van der Waals surface area contributed by atoms with Gasteiger partial charge in [0.25, 0.3) is 0 Å². The maximum absolute atomic E-state index is 12.1. The summed E-state index contributed by atoms with van der Waals surface area (Å²) < 4.78 is 10.3. The fraction of sp³-hybridized carbons (Fsp3) is 0.111. The Morgan fingerprint density at radius 3 is 2.62 bits per heavy atom. The van der Waals surface area contributed by atoms with Crippen LogP contribution in [-0.4, -0.2) is 30.6 Å².